The summed E-state index contributed by atoms with van der Waals surface area (Å²) in [6.45, 7) is 0.117. The van der Waals surface area contributed by atoms with Gasteiger partial charge in [-0.05, 0) is 17.7 Å². The zero-order valence-electron chi connectivity index (χ0n) is 9.41. The third kappa shape index (κ3) is 3.07. The summed E-state index contributed by atoms with van der Waals surface area (Å²) < 4.78 is 57.7. The van der Waals surface area contributed by atoms with Crippen molar-refractivity contribution in [2.24, 2.45) is 0 Å². The third-order valence-corrected chi connectivity index (χ3v) is 2.46. The first kappa shape index (κ1) is 13.4. The van der Waals surface area contributed by atoms with Crippen molar-refractivity contribution in [3.8, 4) is 5.75 Å². The molecule has 0 spiro atoms. The van der Waals surface area contributed by atoms with E-state index >= 15 is 0 Å². The van der Waals surface area contributed by atoms with Gasteiger partial charge in [0.2, 0.25) is 0 Å². The number of rotatable bonds is 4. The number of hydrogen-bond acceptors (Lipinski definition) is 3. The Bertz CT molecular complexity index is 464. The lowest BCUT2D eigenvalue weighted by Gasteiger charge is -2.17. The fourth-order valence-electron chi connectivity index (χ4n) is 1.53. The third-order valence-electron chi connectivity index (χ3n) is 2.46. The number of carbonyl (C=O) groups is 1. The van der Waals surface area contributed by atoms with Crippen molar-refractivity contribution in [3.05, 3.63) is 29.8 Å². The Morgan fingerprint density at radius 3 is 2.42 bits per heavy atom. The SMILES string of the molecule is O=C1N[C@H](c2ccc(OC(F)(F)C(F)F)cc2)CO1. The minimum Gasteiger partial charge on any atom is -0.447 e. The Morgan fingerprint density at radius 2 is 1.95 bits per heavy atom. The second kappa shape index (κ2) is 4.94. The van der Waals surface area contributed by atoms with Crippen molar-refractivity contribution in [3.63, 3.8) is 0 Å². The molecule has 0 bridgehead atoms. The molecule has 19 heavy (non-hydrogen) atoms. The topological polar surface area (TPSA) is 47.6 Å². The average Bonchev–Trinajstić information content (AvgIpc) is 2.76. The highest BCUT2D eigenvalue weighted by molar-refractivity contribution is 5.70. The van der Waals surface area contributed by atoms with Gasteiger partial charge < -0.3 is 14.8 Å². The highest BCUT2D eigenvalue weighted by Crippen LogP contribution is 2.28. The molecule has 4 nitrogen and oxygen atoms in total. The Labute approximate surface area is 105 Å². The predicted molar refractivity (Wildman–Crippen MR) is 55.2 cm³/mol. The number of halogens is 4. The number of ether oxygens (including phenoxy) is 2. The van der Waals surface area contributed by atoms with Crippen molar-refractivity contribution in [2.75, 3.05) is 6.61 Å². The number of cyclic esters (lactones) is 1. The molecule has 1 aliphatic rings. The number of hydrogen-bond donors (Lipinski definition) is 1. The van der Waals surface area contributed by atoms with Crippen LogP contribution in [0.4, 0.5) is 22.4 Å². The van der Waals surface area contributed by atoms with Crippen molar-refractivity contribution >= 4 is 6.09 Å². The summed E-state index contributed by atoms with van der Waals surface area (Å²) >= 11 is 0. The molecule has 104 valence electrons. The van der Waals surface area contributed by atoms with Gasteiger partial charge in [-0.15, -0.1) is 0 Å². The van der Waals surface area contributed by atoms with Gasteiger partial charge in [-0.3, -0.25) is 0 Å². The minimum atomic E-state index is -4.54. The van der Waals surface area contributed by atoms with Crippen molar-refractivity contribution in [2.45, 2.75) is 18.6 Å². The summed E-state index contributed by atoms with van der Waals surface area (Å²) in [7, 11) is 0. The van der Waals surface area contributed by atoms with Gasteiger partial charge in [0.25, 0.3) is 0 Å². The van der Waals surface area contributed by atoms with Gasteiger partial charge in [0.15, 0.2) is 0 Å². The molecule has 0 radical (unpaired) electrons. The molecule has 2 rings (SSSR count). The van der Waals surface area contributed by atoms with Crippen LogP contribution in [0.5, 0.6) is 5.75 Å². The number of alkyl halides is 4. The van der Waals surface area contributed by atoms with E-state index in [4.69, 9.17) is 0 Å². The summed E-state index contributed by atoms with van der Waals surface area (Å²) in [5, 5.41) is 2.49. The van der Waals surface area contributed by atoms with Crippen molar-refractivity contribution in [1.82, 2.24) is 5.32 Å². The van der Waals surface area contributed by atoms with Crippen LogP contribution in [-0.2, 0) is 4.74 Å². The summed E-state index contributed by atoms with van der Waals surface area (Å²) in [5.41, 5.74) is 0.596. The van der Waals surface area contributed by atoms with Crippen LogP contribution in [-0.4, -0.2) is 25.2 Å². The van der Waals surface area contributed by atoms with Crippen LogP contribution in [0, 0.1) is 0 Å². The predicted octanol–water partition coefficient (Wildman–Crippen LogP) is 2.70. The second-order valence-corrected chi connectivity index (χ2v) is 3.83. The maximum atomic E-state index is 12.6. The largest absolute Gasteiger partial charge is 0.461 e. The number of nitrogens with one attached hydrogen (secondary N) is 1. The fraction of sp³-hybridized carbons (Fsp3) is 0.364. The number of amides is 1. The van der Waals surface area contributed by atoms with E-state index in [2.05, 4.69) is 14.8 Å². The van der Waals surface area contributed by atoms with Gasteiger partial charge in [0, 0.05) is 0 Å². The van der Waals surface area contributed by atoms with E-state index in [0.29, 0.717) is 5.56 Å². The lowest BCUT2D eigenvalue weighted by atomic mass is 10.1. The summed E-state index contributed by atoms with van der Waals surface area (Å²) in [4.78, 5) is 10.8. The second-order valence-electron chi connectivity index (χ2n) is 3.83. The summed E-state index contributed by atoms with van der Waals surface area (Å²) in [6.07, 6.45) is -9.02. The Balaban J connectivity index is 2.04. The smallest absolute Gasteiger partial charge is 0.447 e. The van der Waals surface area contributed by atoms with E-state index in [1.165, 1.54) is 12.1 Å². The molecule has 1 aromatic carbocycles. The maximum absolute atomic E-state index is 12.6. The summed E-state index contributed by atoms with van der Waals surface area (Å²) in [6, 6.07) is 4.62. The molecule has 8 heteroatoms. The molecular formula is C11H9F4NO3. The molecule has 1 saturated heterocycles. The molecule has 1 heterocycles. The van der Waals surface area contributed by atoms with E-state index in [0.717, 1.165) is 12.1 Å². The highest BCUT2D eigenvalue weighted by Gasteiger charge is 2.43. The molecule has 1 amide bonds. The molecule has 0 unspecified atom stereocenters. The Morgan fingerprint density at radius 1 is 1.32 bits per heavy atom. The number of benzene rings is 1. The van der Waals surface area contributed by atoms with Gasteiger partial charge >= 0.3 is 18.6 Å². The minimum absolute atomic E-state index is 0.117. The molecular weight excluding hydrogens is 270 g/mol. The van der Waals surface area contributed by atoms with Crippen LogP contribution >= 0.6 is 0 Å². The lowest BCUT2D eigenvalue weighted by molar-refractivity contribution is -0.253. The lowest BCUT2D eigenvalue weighted by Crippen LogP contribution is -2.33. The maximum Gasteiger partial charge on any atom is 0.461 e. The summed E-state index contributed by atoms with van der Waals surface area (Å²) in [5.74, 6) is -0.390. The van der Waals surface area contributed by atoms with Crippen molar-refractivity contribution < 1.29 is 31.8 Å². The first-order valence-corrected chi connectivity index (χ1v) is 5.27. The fourth-order valence-corrected chi connectivity index (χ4v) is 1.53. The molecule has 1 atom stereocenters. The van der Waals surface area contributed by atoms with Gasteiger partial charge in [0.05, 0.1) is 6.04 Å². The molecule has 0 saturated carbocycles. The highest BCUT2D eigenvalue weighted by atomic mass is 19.3. The standard InChI is InChI=1S/C11H9F4NO3/c12-9(13)11(14,15)19-7-3-1-6(2-4-7)8-5-18-10(17)16-8/h1-4,8-9H,5H2,(H,16,17)/t8-/m0/s1. The van der Waals surface area contributed by atoms with E-state index in [1.807, 2.05) is 0 Å². The van der Waals surface area contributed by atoms with Gasteiger partial charge in [-0.1, -0.05) is 12.1 Å². The molecule has 1 N–H and O–H groups in total. The zero-order valence-corrected chi connectivity index (χ0v) is 9.41. The van der Waals surface area contributed by atoms with E-state index in [1.54, 1.807) is 0 Å². The molecule has 0 aliphatic carbocycles. The van der Waals surface area contributed by atoms with Crippen LogP contribution in [0.15, 0.2) is 24.3 Å². The van der Waals surface area contributed by atoms with Crippen LogP contribution in [0.1, 0.15) is 11.6 Å². The van der Waals surface area contributed by atoms with E-state index in [9.17, 15) is 22.4 Å². The molecule has 0 aromatic heterocycles. The van der Waals surface area contributed by atoms with Crippen molar-refractivity contribution in [1.29, 1.82) is 0 Å². The van der Waals surface area contributed by atoms with Crippen LogP contribution in [0.25, 0.3) is 0 Å². The van der Waals surface area contributed by atoms with Crippen LogP contribution < -0.4 is 10.1 Å². The first-order valence-electron chi connectivity index (χ1n) is 5.27. The van der Waals surface area contributed by atoms with Crippen LogP contribution in [0.2, 0.25) is 0 Å². The van der Waals surface area contributed by atoms with Crippen LogP contribution in [0.3, 0.4) is 0 Å². The Kier molecular flexibility index (Phi) is 3.50. The molecule has 1 aromatic rings. The van der Waals surface area contributed by atoms with Gasteiger partial charge in [-0.25, -0.2) is 4.79 Å². The number of carbonyl (C=O) groups excluding carboxylic acids is 1. The average molecular weight is 279 g/mol. The number of alkyl carbamates (subject to hydrolysis) is 1. The molecule has 1 aliphatic heterocycles. The molecule has 1 fully saturated rings. The van der Waals surface area contributed by atoms with E-state index in [-0.39, 0.29) is 12.4 Å². The first-order chi connectivity index (χ1) is 8.88. The quantitative estimate of drug-likeness (QED) is 0.862. The van der Waals surface area contributed by atoms with E-state index < -0.39 is 24.7 Å². The van der Waals surface area contributed by atoms with Gasteiger partial charge in [0.1, 0.15) is 12.4 Å². The van der Waals surface area contributed by atoms with Gasteiger partial charge in [-0.2, -0.15) is 17.6 Å². The zero-order chi connectivity index (χ0) is 14.0. The monoisotopic (exact) mass is 279 g/mol. The Hall–Kier alpha value is -1.99. The normalized spacial score (nSPS) is 19.2.